The number of aryl methyl sites for hydroxylation is 3. The second-order valence-corrected chi connectivity index (χ2v) is 7.75. The molecule has 2 atom stereocenters. The summed E-state index contributed by atoms with van der Waals surface area (Å²) in [6.45, 7) is 5.66. The number of amides is 2. The molecule has 0 saturated heterocycles. The van der Waals surface area contributed by atoms with Gasteiger partial charge in [-0.15, -0.1) is 0 Å². The van der Waals surface area contributed by atoms with E-state index in [1.165, 1.54) is 4.90 Å². The molecule has 0 heterocycles. The van der Waals surface area contributed by atoms with Crippen LogP contribution in [0.15, 0.2) is 36.4 Å². The third-order valence-electron chi connectivity index (χ3n) is 5.39. The summed E-state index contributed by atoms with van der Waals surface area (Å²) in [5, 5.41) is 19.1. The fraction of sp³-hybridized carbons (Fsp3) is 0.391. The van der Waals surface area contributed by atoms with E-state index in [-0.39, 0.29) is 17.4 Å². The number of nitrogens with two attached hydrogens (primary N) is 2. The summed E-state index contributed by atoms with van der Waals surface area (Å²) in [7, 11) is 0. The van der Waals surface area contributed by atoms with E-state index >= 15 is 0 Å². The summed E-state index contributed by atoms with van der Waals surface area (Å²) in [5.41, 5.74) is 15.3. The summed E-state index contributed by atoms with van der Waals surface area (Å²) >= 11 is 0. The van der Waals surface area contributed by atoms with E-state index in [0.717, 1.165) is 22.3 Å². The number of carbonyl (C=O) groups is 2. The highest BCUT2D eigenvalue weighted by Gasteiger charge is 2.28. The Bertz CT molecular complexity index is 873. The maximum absolute atomic E-state index is 13.1. The molecule has 2 rings (SSSR count). The lowest BCUT2D eigenvalue weighted by Gasteiger charge is -2.30. The average Bonchev–Trinajstić information content (AvgIpc) is 2.68. The van der Waals surface area contributed by atoms with Crippen LogP contribution in [0.3, 0.4) is 0 Å². The van der Waals surface area contributed by atoms with Crippen LogP contribution in [0.4, 0.5) is 0 Å². The van der Waals surface area contributed by atoms with Crippen LogP contribution in [0.25, 0.3) is 0 Å². The number of rotatable bonds is 9. The van der Waals surface area contributed by atoms with Gasteiger partial charge in [-0.25, -0.2) is 0 Å². The molecule has 0 aliphatic rings. The zero-order chi connectivity index (χ0) is 22.4. The van der Waals surface area contributed by atoms with Crippen molar-refractivity contribution < 1.29 is 19.8 Å². The monoisotopic (exact) mass is 413 g/mol. The second-order valence-electron chi connectivity index (χ2n) is 7.75. The van der Waals surface area contributed by atoms with E-state index in [1.54, 1.807) is 31.2 Å². The van der Waals surface area contributed by atoms with E-state index in [2.05, 4.69) is 0 Å². The van der Waals surface area contributed by atoms with Crippen molar-refractivity contribution in [1.82, 2.24) is 4.90 Å². The number of hydrogen-bond donors (Lipinski definition) is 4. The van der Waals surface area contributed by atoms with Crippen molar-refractivity contribution in [1.29, 1.82) is 0 Å². The molecular weight excluding hydrogens is 382 g/mol. The van der Waals surface area contributed by atoms with Crippen molar-refractivity contribution >= 4 is 11.8 Å². The molecule has 0 aromatic heterocycles. The Morgan fingerprint density at radius 3 is 2.13 bits per heavy atom. The van der Waals surface area contributed by atoms with Crippen LogP contribution in [0, 0.1) is 13.8 Å². The molecule has 0 aliphatic carbocycles. The molecule has 0 radical (unpaired) electrons. The van der Waals surface area contributed by atoms with Crippen molar-refractivity contribution in [2.24, 2.45) is 11.5 Å². The normalized spacial score (nSPS) is 12.9. The van der Waals surface area contributed by atoms with Crippen LogP contribution in [0.5, 0.6) is 11.5 Å². The Kier molecular flexibility index (Phi) is 7.83. The molecule has 7 nitrogen and oxygen atoms in total. The number of hydrogen-bond acceptors (Lipinski definition) is 5. The number of carbonyl (C=O) groups excluding carboxylic acids is 2. The molecule has 162 valence electrons. The lowest BCUT2D eigenvalue weighted by Crippen LogP contribution is -2.53. The van der Waals surface area contributed by atoms with Gasteiger partial charge < -0.3 is 26.6 Å². The van der Waals surface area contributed by atoms with Gasteiger partial charge in [0.1, 0.15) is 17.5 Å². The van der Waals surface area contributed by atoms with Crippen LogP contribution in [-0.4, -0.2) is 45.6 Å². The zero-order valence-corrected chi connectivity index (χ0v) is 17.8. The smallest absolute Gasteiger partial charge is 0.240 e. The van der Waals surface area contributed by atoms with E-state index in [0.29, 0.717) is 25.8 Å². The molecule has 6 N–H and O–H groups in total. The van der Waals surface area contributed by atoms with Gasteiger partial charge in [0.2, 0.25) is 11.8 Å². The molecule has 7 heteroatoms. The molecule has 2 aromatic rings. The number of phenolic OH excluding ortho intramolecular Hbond substituents is 2. The van der Waals surface area contributed by atoms with Crippen molar-refractivity contribution in [3.63, 3.8) is 0 Å². The SMILES string of the molecule is Cc1cc(O)cc(C)c1CC(N)C(=O)N(CCCc1ccc(O)cc1)[C@H](C)C(N)=O. The lowest BCUT2D eigenvalue weighted by atomic mass is 9.95. The Morgan fingerprint density at radius 1 is 1.03 bits per heavy atom. The maximum Gasteiger partial charge on any atom is 0.240 e. The first-order valence-electron chi connectivity index (χ1n) is 10.0. The first kappa shape index (κ1) is 23.2. The van der Waals surface area contributed by atoms with Crippen LogP contribution in [0.2, 0.25) is 0 Å². The molecule has 0 saturated carbocycles. The maximum atomic E-state index is 13.1. The Hall–Kier alpha value is -3.06. The number of benzene rings is 2. The highest BCUT2D eigenvalue weighted by atomic mass is 16.3. The topological polar surface area (TPSA) is 130 Å². The fourth-order valence-corrected chi connectivity index (χ4v) is 3.58. The summed E-state index contributed by atoms with van der Waals surface area (Å²) in [6, 6.07) is 8.54. The van der Waals surface area contributed by atoms with Crippen molar-refractivity contribution in [3.05, 3.63) is 58.7 Å². The van der Waals surface area contributed by atoms with Crippen LogP contribution in [0.1, 0.15) is 35.6 Å². The number of aromatic hydroxyl groups is 2. The van der Waals surface area contributed by atoms with Crippen LogP contribution in [-0.2, 0) is 22.4 Å². The van der Waals surface area contributed by atoms with Gasteiger partial charge in [0.15, 0.2) is 0 Å². The number of phenols is 2. The minimum Gasteiger partial charge on any atom is -0.508 e. The number of nitrogens with zero attached hydrogens (tertiary/aromatic N) is 1. The highest BCUT2D eigenvalue weighted by Crippen LogP contribution is 2.22. The van der Waals surface area contributed by atoms with Crippen molar-refractivity contribution in [2.45, 2.75) is 52.1 Å². The van der Waals surface area contributed by atoms with Gasteiger partial charge in [0.05, 0.1) is 6.04 Å². The molecule has 30 heavy (non-hydrogen) atoms. The van der Waals surface area contributed by atoms with Gasteiger partial charge >= 0.3 is 0 Å². The Labute approximate surface area is 177 Å². The lowest BCUT2D eigenvalue weighted by molar-refractivity contribution is -0.139. The quantitative estimate of drug-likeness (QED) is 0.499. The van der Waals surface area contributed by atoms with E-state index in [4.69, 9.17) is 11.5 Å². The molecule has 0 fully saturated rings. The molecule has 2 aromatic carbocycles. The fourth-order valence-electron chi connectivity index (χ4n) is 3.58. The molecule has 1 unspecified atom stereocenters. The predicted octanol–water partition coefficient (Wildman–Crippen LogP) is 1.92. The molecular formula is C23H31N3O4. The third kappa shape index (κ3) is 5.97. The summed E-state index contributed by atoms with van der Waals surface area (Å²) in [6.07, 6.45) is 1.61. The van der Waals surface area contributed by atoms with Crippen LogP contribution >= 0.6 is 0 Å². The zero-order valence-electron chi connectivity index (χ0n) is 17.8. The summed E-state index contributed by atoms with van der Waals surface area (Å²) in [4.78, 5) is 26.3. The van der Waals surface area contributed by atoms with E-state index < -0.39 is 18.0 Å². The van der Waals surface area contributed by atoms with Gasteiger partial charge in [-0.2, -0.15) is 0 Å². The van der Waals surface area contributed by atoms with Gasteiger partial charge in [-0.3, -0.25) is 9.59 Å². The highest BCUT2D eigenvalue weighted by molar-refractivity contribution is 5.89. The van der Waals surface area contributed by atoms with Crippen LogP contribution < -0.4 is 11.5 Å². The van der Waals surface area contributed by atoms with E-state index in [1.807, 2.05) is 26.0 Å². The standard InChI is InChI=1S/C23H31N3O4/c1-14-11-19(28)12-15(2)20(14)13-21(24)23(30)26(16(3)22(25)29)10-4-5-17-6-8-18(27)9-7-17/h6-9,11-12,16,21,27-28H,4-5,10,13,24H2,1-3H3,(H2,25,29)/t16-,21?/m1/s1. The second kappa shape index (κ2) is 10.1. The van der Waals surface area contributed by atoms with Crippen molar-refractivity contribution in [2.75, 3.05) is 6.54 Å². The van der Waals surface area contributed by atoms with Crippen molar-refractivity contribution in [3.8, 4) is 11.5 Å². The van der Waals surface area contributed by atoms with Gasteiger partial charge in [-0.1, -0.05) is 12.1 Å². The molecule has 0 spiro atoms. The molecule has 2 amide bonds. The molecule has 0 aliphatic heterocycles. The first-order chi connectivity index (χ1) is 14.1. The Balaban J connectivity index is 2.10. The summed E-state index contributed by atoms with van der Waals surface area (Å²) in [5.74, 6) is -0.549. The number of primary amides is 1. The van der Waals surface area contributed by atoms with E-state index in [9.17, 15) is 19.8 Å². The third-order valence-corrected chi connectivity index (χ3v) is 5.39. The summed E-state index contributed by atoms with van der Waals surface area (Å²) < 4.78 is 0. The van der Waals surface area contributed by atoms with Gasteiger partial charge in [-0.05, 0) is 86.6 Å². The van der Waals surface area contributed by atoms with Gasteiger partial charge in [0.25, 0.3) is 0 Å². The minimum absolute atomic E-state index is 0.173. The Morgan fingerprint density at radius 2 is 1.60 bits per heavy atom. The minimum atomic E-state index is -0.831. The van der Waals surface area contributed by atoms with Gasteiger partial charge in [0, 0.05) is 6.54 Å². The largest absolute Gasteiger partial charge is 0.508 e. The predicted molar refractivity (Wildman–Crippen MR) is 116 cm³/mol. The first-order valence-corrected chi connectivity index (χ1v) is 10.0. The average molecular weight is 414 g/mol. The molecule has 0 bridgehead atoms.